The highest BCUT2D eigenvalue weighted by Gasteiger charge is 2.11. The highest BCUT2D eigenvalue weighted by Crippen LogP contribution is 2.12. The number of nitrogens with zero attached hydrogens (tertiary/aromatic N) is 1. The van der Waals surface area contributed by atoms with Crippen LogP contribution in [0.25, 0.3) is 24.3 Å². The summed E-state index contributed by atoms with van der Waals surface area (Å²) in [5.74, 6) is -0.687. The maximum Gasteiger partial charge on any atom is 0.337 e. The van der Waals surface area contributed by atoms with E-state index in [2.05, 4.69) is 35.8 Å². The van der Waals surface area contributed by atoms with Crippen LogP contribution in [0.4, 0.5) is 0 Å². The van der Waals surface area contributed by atoms with Crippen LogP contribution < -0.4 is 4.57 Å². The molecule has 3 aromatic rings. The van der Waals surface area contributed by atoms with E-state index < -0.39 is 0 Å². The Morgan fingerprint density at radius 3 is 1.44 bits per heavy atom. The summed E-state index contributed by atoms with van der Waals surface area (Å²) in [4.78, 5) is 23.2. The Kier molecular flexibility index (Phi) is 7.70. The summed E-state index contributed by atoms with van der Waals surface area (Å²) in [7, 11) is 2.75. The van der Waals surface area contributed by atoms with Gasteiger partial charge >= 0.3 is 11.9 Å². The molecule has 0 aliphatic rings. The molecule has 0 bridgehead atoms. The van der Waals surface area contributed by atoms with E-state index >= 15 is 0 Å². The van der Waals surface area contributed by atoms with Crippen LogP contribution in [0.5, 0.6) is 0 Å². The van der Waals surface area contributed by atoms with Crippen LogP contribution in [-0.4, -0.2) is 26.2 Å². The van der Waals surface area contributed by atoms with Crippen LogP contribution in [-0.2, 0) is 16.0 Å². The summed E-state index contributed by atoms with van der Waals surface area (Å²) in [6.45, 7) is 2.91. The summed E-state index contributed by atoms with van der Waals surface area (Å²) in [6, 6.07) is 20.7. The van der Waals surface area contributed by atoms with E-state index in [1.54, 1.807) is 24.3 Å². The maximum absolute atomic E-state index is 11.6. The lowest BCUT2D eigenvalue weighted by Crippen LogP contribution is -2.38. The van der Waals surface area contributed by atoms with Gasteiger partial charge in [0.2, 0.25) is 11.4 Å². The molecule has 0 aliphatic carbocycles. The van der Waals surface area contributed by atoms with E-state index in [0.29, 0.717) is 11.1 Å². The molecule has 0 N–H and O–H groups in total. The lowest BCUT2D eigenvalue weighted by Gasteiger charge is -2.03. The minimum atomic E-state index is -0.344. The minimum absolute atomic E-state index is 0.344. The van der Waals surface area contributed by atoms with Crippen molar-refractivity contribution in [2.75, 3.05) is 14.2 Å². The van der Waals surface area contributed by atoms with Gasteiger partial charge in [0.15, 0.2) is 0 Å². The second-order valence-corrected chi connectivity index (χ2v) is 7.01. The number of ether oxygens (including phenoxy) is 2. The van der Waals surface area contributed by atoms with Crippen molar-refractivity contribution in [1.29, 1.82) is 0 Å². The summed E-state index contributed by atoms with van der Waals surface area (Å²) >= 11 is 0. The summed E-state index contributed by atoms with van der Waals surface area (Å²) in [5, 5.41) is 0. The molecular weight excluding hydrogens is 402 g/mol. The molecule has 0 spiro atoms. The molecule has 0 radical (unpaired) electrons. The van der Waals surface area contributed by atoms with Crippen LogP contribution in [0, 0.1) is 0 Å². The second kappa shape index (κ2) is 10.9. The summed E-state index contributed by atoms with van der Waals surface area (Å²) < 4.78 is 11.7. The molecule has 0 unspecified atom stereocenters. The van der Waals surface area contributed by atoms with Gasteiger partial charge in [0.1, 0.15) is 6.54 Å². The van der Waals surface area contributed by atoms with E-state index in [0.717, 1.165) is 29.1 Å². The molecule has 0 atom stereocenters. The minimum Gasteiger partial charge on any atom is -0.465 e. The van der Waals surface area contributed by atoms with E-state index in [9.17, 15) is 9.59 Å². The highest BCUT2D eigenvalue weighted by molar-refractivity contribution is 5.90. The number of hydrogen-bond acceptors (Lipinski definition) is 4. The Hall–Kier alpha value is -3.99. The molecule has 0 amide bonds. The normalized spacial score (nSPS) is 11.1. The number of benzene rings is 2. The molecule has 5 heteroatoms. The van der Waals surface area contributed by atoms with Crippen molar-refractivity contribution in [1.82, 2.24) is 0 Å². The van der Waals surface area contributed by atoms with Crippen LogP contribution in [0.1, 0.15) is 50.2 Å². The molecule has 0 fully saturated rings. The molecular formula is C27H26NO4+. The molecule has 5 nitrogen and oxygen atoms in total. The molecule has 1 aromatic heterocycles. The smallest absolute Gasteiger partial charge is 0.337 e. The number of esters is 2. The Labute approximate surface area is 188 Å². The van der Waals surface area contributed by atoms with Crippen molar-refractivity contribution < 1.29 is 23.6 Å². The molecule has 2 aromatic carbocycles. The lowest BCUT2D eigenvalue weighted by molar-refractivity contribution is -0.696. The topological polar surface area (TPSA) is 56.5 Å². The molecule has 0 saturated heterocycles. The van der Waals surface area contributed by atoms with Gasteiger partial charge < -0.3 is 9.47 Å². The second-order valence-electron chi connectivity index (χ2n) is 7.01. The lowest BCUT2D eigenvalue weighted by atomic mass is 10.1. The van der Waals surface area contributed by atoms with Crippen LogP contribution >= 0.6 is 0 Å². The summed E-state index contributed by atoms with van der Waals surface area (Å²) in [6.07, 6.45) is 8.14. The first kappa shape index (κ1) is 22.7. The number of carbonyl (C=O) groups excluding carboxylic acids is 2. The van der Waals surface area contributed by atoms with Crippen molar-refractivity contribution in [3.05, 3.63) is 100 Å². The zero-order valence-corrected chi connectivity index (χ0v) is 18.4. The zero-order valence-electron chi connectivity index (χ0n) is 18.4. The largest absolute Gasteiger partial charge is 0.465 e. The standard InChI is InChI=1S/C27H26NO4/c1-4-28-24(18-12-20-8-14-22(15-9-20)26(29)31-2)6-5-7-25(28)19-13-21-10-16-23(17-11-21)27(30)32-3/h5-19H,4H2,1-3H3/q+1/b18-12+,19-13+. The van der Waals surface area contributed by atoms with Gasteiger partial charge in [-0.25, -0.2) is 9.59 Å². The van der Waals surface area contributed by atoms with Crippen LogP contribution in [0.15, 0.2) is 66.7 Å². The monoisotopic (exact) mass is 428 g/mol. The van der Waals surface area contributed by atoms with Gasteiger partial charge in [-0.15, -0.1) is 0 Å². The molecule has 0 aliphatic heterocycles. The van der Waals surface area contributed by atoms with Gasteiger partial charge in [-0.2, -0.15) is 4.57 Å². The zero-order chi connectivity index (χ0) is 22.9. The van der Waals surface area contributed by atoms with Gasteiger partial charge in [0.05, 0.1) is 25.3 Å². The predicted molar refractivity (Wildman–Crippen MR) is 126 cm³/mol. The van der Waals surface area contributed by atoms with Gasteiger partial charge in [-0.3, -0.25) is 0 Å². The first-order valence-corrected chi connectivity index (χ1v) is 10.3. The number of pyridine rings is 1. The molecule has 3 rings (SSSR count). The number of aromatic nitrogens is 1. The van der Waals surface area contributed by atoms with E-state index in [4.69, 9.17) is 9.47 Å². The Morgan fingerprint density at radius 2 is 1.09 bits per heavy atom. The third kappa shape index (κ3) is 5.58. The van der Waals surface area contributed by atoms with Crippen molar-refractivity contribution in [2.24, 2.45) is 0 Å². The SMILES string of the molecule is CC[n+]1c(/C=C/c2ccc(C(=O)OC)cc2)cccc1/C=C/c1ccc(C(=O)OC)cc1. The molecule has 0 saturated carbocycles. The van der Waals surface area contributed by atoms with Crippen molar-refractivity contribution in [3.8, 4) is 0 Å². The van der Waals surface area contributed by atoms with Gasteiger partial charge in [-0.1, -0.05) is 24.3 Å². The van der Waals surface area contributed by atoms with E-state index in [1.807, 2.05) is 42.5 Å². The van der Waals surface area contributed by atoms with Gasteiger partial charge in [-0.05, 0) is 60.5 Å². The number of hydrogen-bond donors (Lipinski definition) is 0. The first-order chi connectivity index (χ1) is 15.5. The molecule has 162 valence electrons. The van der Waals surface area contributed by atoms with Crippen molar-refractivity contribution in [3.63, 3.8) is 0 Å². The van der Waals surface area contributed by atoms with Crippen molar-refractivity contribution >= 4 is 36.2 Å². The number of rotatable bonds is 7. The van der Waals surface area contributed by atoms with E-state index in [-0.39, 0.29) is 11.9 Å². The molecule has 32 heavy (non-hydrogen) atoms. The maximum atomic E-state index is 11.6. The fraction of sp³-hybridized carbons (Fsp3) is 0.148. The average Bonchev–Trinajstić information content (AvgIpc) is 2.85. The number of carbonyl (C=O) groups is 2. The van der Waals surface area contributed by atoms with Gasteiger partial charge in [0, 0.05) is 24.3 Å². The first-order valence-electron chi connectivity index (χ1n) is 10.3. The number of methoxy groups -OCH3 is 2. The highest BCUT2D eigenvalue weighted by atomic mass is 16.5. The fourth-order valence-corrected chi connectivity index (χ4v) is 3.29. The average molecular weight is 429 g/mol. The Balaban J connectivity index is 1.80. The predicted octanol–water partition coefficient (Wildman–Crippen LogP) is 4.91. The summed E-state index contributed by atoms with van der Waals surface area (Å²) in [5.41, 5.74) is 5.17. The Bertz CT molecular complexity index is 1060. The fourth-order valence-electron chi connectivity index (χ4n) is 3.29. The molecule has 1 heterocycles. The van der Waals surface area contributed by atoms with E-state index in [1.165, 1.54) is 14.2 Å². The Morgan fingerprint density at radius 1 is 0.688 bits per heavy atom. The van der Waals surface area contributed by atoms with Gasteiger partial charge in [0.25, 0.3) is 0 Å². The van der Waals surface area contributed by atoms with Crippen LogP contribution in [0.2, 0.25) is 0 Å². The third-order valence-corrected chi connectivity index (χ3v) is 5.03. The van der Waals surface area contributed by atoms with Crippen LogP contribution in [0.3, 0.4) is 0 Å². The third-order valence-electron chi connectivity index (χ3n) is 5.03. The quantitative estimate of drug-likeness (QED) is 0.396. The van der Waals surface area contributed by atoms with Crippen molar-refractivity contribution in [2.45, 2.75) is 13.5 Å².